The Kier molecular flexibility index (Phi) is 4.08. The van der Waals surface area contributed by atoms with Gasteiger partial charge < -0.3 is 16.8 Å². The van der Waals surface area contributed by atoms with Gasteiger partial charge in [-0.1, -0.05) is 19.8 Å². The molecule has 7 nitrogen and oxygen atoms in total. The molecular weight excluding hydrogens is 258 g/mol. The van der Waals surface area contributed by atoms with E-state index < -0.39 is 4.92 Å². The molecule has 0 aliphatic heterocycles. The molecule has 0 spiro atoms. The molecule has 5 N–H and O–H groups in total. The van der Waals surface area contributed by atoms with Crippen LogP contribution >= 0.6 is 0 Å². The molecule has 1 heterocycles. The molecule has 2 rings (SSSR count). The van der Waals surface area contributed by atoms with Gasteiger partial charge in [0.2, 0.25) is 5.82 Å². The second-order valence-electron chi connectivity index (χ2n) is 5.49. The molecule has 7 heteroatoms. The quantitative estimate of drug-likeness (QED) is 0.571. The second kappa shape index (κ2) is 5.62. The third-order valence-electron chi connectivity index (χ3n) is 4.29. The molecule has 0 bridgehead atoms. The highest BCUT2D eigenvalue weighted by atomic mass is 16.6. The molecule has 1 fully saturated rings. The van der Waals surface area contributed by atoms with Crippen molar-refractivity contribution >= 4 is 17.3 Å². The van der Waals surface area contributed by atoms with Crippen molar-refractivity contribution in [2.24, 2.45) is 11.7 Å². The number of anilines is 2. The fourth-order valence-electron chi connectivity index (χ4n) is 2.90. The van der Waals surface area contributed by atoms with Gasteiger partial charge in [0.25, 0.3) is 0 Å². The lowest BCUT2D eigenvalue weighted by molar-refractivity contribution is -0.384. The summed E-state index contributed by atoms with van der Waals surface area (Å²) in [6.45, 7) is 2.68. The highest BCUT2D eigenvalue weighted by Gasteiger charge is 2.37. The van der Waals surface area contributed by atoms with Gasteiger partial charge >= 0.3 is 5.69 Å². The van der Waals surface area contributed by atoms with Gasteiger partial charge in [-0.2, -0.15) is 0 Å². The number of hydrogen-bond donors (Lipinski definition) is 3. The van der Waals surface area contributed by atoms with E-state index in [9.17, 15) is 10.1 Å². The van der Waals surface area contributed by atoms with E-state index in [4.69, 9.17) is 11.5 Å². The third-order valence-corrected chi connectivity index (χ3v) is 4.29. The van der Waals surface area contributed by atoms with E-state index in [2.05, 4.69) is 17.2 Å². The molecular formula is C13H21N5O2. The van der Waals surface area contributed by atoms with Gasteiger partial charge in [0, 0.05) is 12.6 Å². The van der Waals surface area contributed by atoms with Crippen LogP contribution in [0.1, 0.15) is 32.6 Å². The van der Waals surface area contributed by atoms with Gasteiger partial charge in [0.1, 0.15) is 5.82 Å². The Morgan fingerprint density at radius 3 is 2.85 bits per heavy atom. The van der Waals surface area contributed by atoms with Crippen LogP contribution in [0.3, 0.4) is 0 Å². The van der Waals surface area contributed by atoms with Crippen LogP contribution in [-0.2, 0) is 0 Å². The van der Waals surface area contributed by atoms with Crippen molar-refractivity contribution in [2.75, 3.05) is 17.6 Å². The van der Waals surface area contributed by atoms with Crippen LogP contribution in [0, 0.1) is 16.0 Å². The van der Waals surface area contributed by atoms with E-state index in [0.717, 1.165) is 19.3 Å². The molecule has 2 unspecified atom stereocenters. The van der Waals surface area contributed by atoms with Crippen molar-refractivity contribution in [3.05, 3.63) is 22.2 Å². The Hall–Kier alpha value is -1.89. The molecule has 1 saturated carbocycles. The highest BCUT2D eigenvalue weighted by Crippen LogP contribution is 2.36. The smallest absolute Gasteiger partial charge is 0.311 e. The predicted octanol–water partition coefficient (Wildman–Crippen LogP) is 1.89. The number of nitrogens with one attached hydrogen (secondary N) is 1. The van der Waals surface area contributed by atoms with E-state index in [-0.39, 0.29) is 17.0 Å². The number of pyridine rings is 1. The van der Waals surface area contributed by atoms with Gasteiger partial charge in [-0.25, -0.2) is 4.98 Å². The molecule has 2 atom stereocenters. The summed E-state index contributed by atoms with van der Waals surface area (Å²) < 4.78 is 0. The predicted molar refractivity (Wildman–Crippen MR) is 78.3 cm³/mol. The first-order valence-corrected chi connectivity index (χ1v) is 6.87. The van der Waals surface area contributed by atoms with E-state index in [1.165, 1.54) is 12.5 Å². The summed E-state index contributed by atoms with van der Waals surface area (Å²) >= 11 is 0. The molecule has 0 amide bonds. The fourth-order valence-corrected chi connectivity index (χ4v) is 2.90. The summed E-state index contributed by atoms with van der Waals surface area (Å²) in [4.78, 5) is 14.3. The van der Waals surface area contributed by atoms with Crippen molar-refractivity contribution in [1.82, 2.24) is 4.98 Å². The number of nitrogen functional groups attached to an aromatic ring is 1. The van der Waals surface area contributed by atoms with Crippen LogP contribution < -0.4 is 16.8 Å². The van der Waals surface area contributed by atoms with Crippen molar-refractivity contribution in [2.45, 2.75) is 38.1 Å². The molecule has 1 aromatic rings. The zero-order chi connectivity index (χ0) is 14.8. The Labute approximate surface area is 117 Å². The zero-order valence-electron chi connectivity index (χ0n) is 11.6. The first-order chi connectivity index (χ1) is 9.48. The minimum Gasteiger partial charge on any atom is -0.378 e. The first kappa shape index (κ1) is 14.5. The van der Waals surface area contributed by atoms with Crippen LogP contribution in [0.4, 0.5) is 17.3 Å². The Morgan fingerprint density at radius 2 is 2.30 bits per heavy atom. The van der Waals surface area contributed by atoms with Crippen LogP contribution in [0.25, 0.3) is 0 Å². The minimum absolute atomic E-state index is 0.0735. The summed E-state index contributed by atoms with van der Waals surface area (Å²) in [7, 11) is 0. The molecule has 0 saturated heterocycles. The van der Waals surface area contributed by atoms with Gasteiger partial charge in [-0.15, -0.1) is 0 Å². The van der Waals surface area contributed by atoms with Crippen LogP contribution in [0.15, 0.2) is 12.1 Å². The Bertz CT molecular complexity index is 508. The molecule has 20 heavy (non-hydrogen) atoms. The summed E-state index contributed by atoms with van der Waals surface area (Å²) in [5.74, 6) is 0.905. The summed E-state index contributed by atoms with van der Waals surface area (Å²) in [6, 6.07) is 2.97. The van der Waals surface area contributed by atoms with E-state index in [1.807, 2.05) is 0 Å². The van der Waals surface area contributed by atoms with Crippen molar-refractivity contribution in [1.29, 1.82) is 0 Å². The Morgan fingerprint density at radius 1 is 1.55 bits per heavy atom. The maximum absolute atomic E-state index is 10.7. The van der Waals surface area contributed by atoms with Crippen molar-refractivity contribution < 1.29 is 4.92 Å². The Balaban J connectivity index is 2.23. The lowest BCUT2D eigenvalue weighted by Crippen LogP contribution is -2.52. The number of nitrogens with two attached hydrogens (primary N) is 2. The van der Waals surface area contributed by atoms with E-state index in [0.29, 0.717) is 18.3 Å². The third kappa shape index (κ3) is 2.67. The summed E-state index contributed by atoms with van der Waals surface area (Å²) in [5, 5.41) is 14.1. The number of aromatic nitrogens is 1. The molecule has 1 aliphatic carbocycles. The second-order valence-corrected chi connectivity index (χ2v) is 5.49. The fraction of sp³-hybridized carbons (Fsp3) is 0.615. The SMILES string of the molecule is CC1CCCCC1(CN)Nc1ccc([N+](=O)[O-])c(N)n1. The normalized spacial score (nSPS) is 26.2. The highest BCUT2D eigenvalue weighted by molar-refractivity contribution is 5.57. The zero-order valence-corrected chi connectivity index (χ0v) is 11.6. The average Bonchev–Trinajstić information content (AvgIpc) is 2.41. The largest absolute Gasteiger partial charge is 0.378 e. The van der Waals surface area contributed by atoms with Gasteiger partial charge in [-0.05, 0) is 24.8 Å². The standard InChI is InChI=1S/C13H21N5O2/c1-9-4-2-3-7-13(9,8-14)17-11-6-5-10(18(19)20)12(15)16-11/h5-6,9H,2-4,7-8,14H2,1H3,(H3,15,16,17). The molecule has 1 aromatic heterocycles. The molecule has 110 valence electrons. The van der Waals surface area contributed by atoms with Gasteiger partial charge in [0.15, 0.2) is 0 Å². The number of hydrogen-bond acceptors (Lipinski definition) is 6. The van der Waals surface area contributed by atoms with Gasteiger partial charge in [-0.3, -0.25) is 10.1 Å². The average molecular weight is 279 g/mol. The van der Waals surface area contributed by atoms with Crippen molar-refractivity contribution in [3.8, 4) is 0 Å². The van der Waals surface area contributed by atoms with Crippen molar-refractivity contribution in [3.63, 3.8) is 0 Å². The van der Waals surface area contributed by atoms with E-state index >= 15 is 0 Å². The minimum atomic E-state index is -0.534. The number of rotatable bonds is 4. The van der Waals surface area contributed by atoms with Crippen LogP contribution in [-0.4, -0.2) is 22.0 Å². The van der Waals surface area contributed by atoms with E-state index in [1.54, 1.807) is 6.07 Å². The lowest BCUT2D eigenvalue weighted by atomic mass is 9.73. The number of nitro groups is 1. The summed E-state index contributed by atoms with van der Waals surface area (Å²) in [6.07, 6.45) is 4.42. The summed E-state index contributed by atoms with van der Waals surface area (Å²) in [5.41, 5.74) is 11.2. The van der Waals surface area contributed by atoms with Gasteiger partial charge in [0.05, 0.1) is 10.5 Å². The number of nitrogens with zero attached hydrogens (tertiary/aromatic N) is 2. The van der Waals surface area contributed by atoms with Crippen LogP contribution in [0.5, 0.6) is 0 Å². The first-order valence-electron chi connectivity index (χ1n) is 6.87. The monoisotopic (exact) mass is 279 g/mol. The maximum atomic E-state index is 10.7. The van der Waals surface area contributed by atoms with Crippen LogP contribution in [0.2, 0.25) is 0 Å². The molecule has 0 aromatic carbocycles. The molecule has 1 aliphatic rings. The maximum Gasteiger partial charge on any atom is 0.311 e. The molecule has 0 radical (unpaired) electrons. The topological polar surface area (TPSA) is 120 Å². The lowest BCUT2D eigenvalue weighted by Gasteiger charge is -2.43.